The first-order valence-electron chi connectivity index (χ1n) is 6.43. The number of halogens is 1. The highest BCUT2D eigenvalue weighted by atomic mass is 35.5. The quantitative estimate of drug-likeness (QED) is 0.902. The van der Waals surface area contributed by atoms with Gasteiger partial charge < -0.3 is 15.6 Å². The molecule has 0 bridgehead atoms. The number of nitrogens with one attached hydrogen (secondary N) is 1. The average molecular weight is 292 g/mol. The van der Waals surface area contributed by atoms with Crippen molar-refractivity contribution in [3.05, 3.63) is 46.7 Å². The molecule has 20 heavy (non-hydrogen) atoms. The first-order chi connectivity index (χ1) is 9.38. The van der Waals surface area contributed by atoms with Crippen LogP contribution < -0.4 is 11.1 Å². The summed E-state index contributed by atoms with van der Waals surface area (Å²) in [6.45, 7) is 5.91. The number of aromatic nitrogens is 1. The molecule has 0 aliphatic carbocycles. The Balaban J connectivity index is 2.28. The van der Waals surface area contributed by atoms with Gasteiger partial charge in [-0.25, -0.2) is 0 Å². The Hall–Kier alpha value is -1.94. The van der Waals surface area contributed by atoms with Crippen molar-refractivity contribution in [2.45, 2.75) is 26.8 Å². The van der Waals surface area contributed by atoms with Gasteiger partial charge in [-0.15, -0.1) is 0 Å². The van der Waals surface area contributed by atoms with Crippen LogP contribution in [0.25, 0.3) is 0 Å². The summed E-state index contributed by atoms with van der Waals surface area (Å²) < 4.78 is 1.86. The van der Waals surface area contributed by atoms with Gasteiger partial charge in [0.05, 0.1) is 5.69 Å². The van der Waals surface area contributed by atoms with E-state index in [4.69, 9.17) is 17.3 Å². The van der Waals surface area contributed by atoms with Gasteiger partial charge in [-0.05, 0) is 50.6 Å². The number of amides is 1. The largest absolute Gasteiger partial charge is 0.397 e. The number of hydrogen-bond donors (Lipinski definition) is 2. The molecule has 0 spiro atoms. The van der Waals surface area contributed by atoms with Gasteiger partial charge in [-0.2, -0.15) is 0 Å². The molecule has 1 aromatic carbocycles. The maximum absolute atomic E-state index is 12.4. The van der Waals surface area contributed by atoms with E-state index < -0.39 is 0 Å². The van der Waals surface area contributed by atoms with Crippen molar-refractivity contribution in [1.29, 1.82) is 0 Å². The number of aryl methyl sites for hydroxylation is 1. The van der Waals surface area contributed by atoms with Crippen LogP contribution in [-0.4, -0.2) is 10.5 Å². The summed E-state index contributed by atoms with van der Waals surface area (Å²) in [5.41, 5.74) is 8.57. The number of benzene rings is 1. The minimum absolute atomic E-state index is 0.166. The van der Waals surface area contributed by atoms with Gasteiger partial charge in [-0.1, -0.05) is 11.6 Å². The van der Waals surface area contributed by atoms with Crippen molar-refractivity contribution in [2.24, 2.45) is 0 Å². The van der Waals surface area contributed by atoms with Crippen LogP contribution in [0, 0.1) is 6.92 Å². The second-order valence-electron chi connectivity index (χ2n) is 5.07. The number of carbonyl (C=O) groups excluding carboxylic acids is 1. The van der Waals surface area contributed by atoms with E-state index in [0.29, 0.717) is 16.4 Å². The Morgan fingerprint density at radius 3 is 2.65 bits per heavy atom. The molecule has 0 aliphatic rings. The Morgan fingerprint density at radius 1 is 1.35 bits per heavy atom. The smallest absolute Gasteiger partial charge is 0.272 e. The molecule has 2 rings (SSSR count). The fraction of sp³-hybridized carbons (Fsp3) is 0.267. The molecular weight excluding hydrogens is 274 g/mol. The molecule has 2 aromatic rings. The van der Waals surface area contributed by atoms with Crippen molar-refractivity contribution in [3.8, 4) is 0 Å². The lowest BCUT2D eigenvalue weighted by atomic mass is 10.2. The van der Waals surface area contributed by atoms with E-state index in [0.717, 1.165) is 11.3 Å². The summed E-state index contributed by atoms with van der Waals surface area (Å²) in [6.07, 6.45) is 1.77. The number of nitrogens with zero attached hydrogens (tertiary/aromatic N) is 1. The summed E-state index contributed by atoms with van der Waals surface area (Å²) >= 11 is 5.91. The number of anilines is 2. The number of hydrogen-bond acceptors (Lipinski definition) is 2. The van der Waals surface area contributed by atoms with Gasteiger partial charge in [0, 0.05) is 22.9 Å². The van der Waals surface area contributed by atoms with E-state index in [9.17, 15) is 4.79 Å². The summed E-state index contributed by atoms with van der Waals surface area (Å²) in [7, 11) is 0. The number of nitrogen functional groups attached to an aromatic ring is 1. The number of carbonyl (C=O) groups is 1. The number of rotatable bonds is 3. The van der Waals surface area contributed by atoms with E-state index in [-0.39, 0.29) is 11.9 Å². The molecular formula is C15H18ClN3O. The molecule has 0 aliphatic heterocycles. The van der Waals surface area contributed by atoms with Gasteiger partial charge in [0.25, 0.3) is 5.91 Å². The zero-order chi connectivity index (χ0) is 14.9. The minimum Gasteiger partial charge on any atom is -0.397 e. The normalized spacial score (nSPS) is 10.8. The van der Waals surface area contributed by atoms with Crippen LogP contribution in [0.2, 0.25) is 5.02 Å². The highest BCUT2D eigenvalue weighted by molar-refractivity contribution is 6.30. The monoisotopic (exact) mass is 291 g/mol. The van der Waals surface area contributed by atoms with Gasteiger partial charge in [0.15, 0.2) is 0 Å². The van der Waals surface area contributed by atoms with Crippen LogP contribution in [0.15, 0.2) is 30.5 Å². The third-order valence-electron chi connectivity index (χ3n) is 3.10. The maximum Gasteiger partial charge on any atom is 0.272 e. The van der Waals surface area contributed by atoms with E-state index in [1.54, 1.807) is 24.4 Å². The van der Waals surface area contributed by atoms with E-state index >= 15 is 0 Å². The fourth-order valence-corrected chi connectivity index (χ4v) is 2.29. The van der Waals surface area contributed by atoms with Crippen LogP contribution in [0.5, 0.6) is 0 Å². The molecule has 0 unspecified atom stereocenters. The molecule has 1 amide bonds. The molecule has 106 valence electrons. The van der Waals surface area contributed by atoms with Crippen molar-refractivity contribution < 1.29 is 4.79 Å². The third kappa shape index (κ3) is 2.96. The standard InChI is InChI=1S/C15H18ClN3O/c1-9(2)19-8-12(17)7-14(19)15(20)18-13-5-4-11(16)6-10(13)3/h4-9H,17H2,1-3H3,(H,18,20). The molecule has 0 fully saturated rings. The van der Waals surface area contributed by atoms with Gasteiger partial charge in [0.2, 0.25) is 0 Å². The second kappa shape index (κ2) is 5.59. The van der Waals surface area contributed by atoms with Crippen molar-refractivity contribution in [1.82, 2.24) is 4.57 Å². The predicted octanol–water partition coefficient (Wildman–Crippen LogP) is 3.87. The van der Waals surface area contributed by atoms with Crippen LogP contribution in [0.1, 0.15) is 35.9 Å². The van der Waals surface area contributed by atoms with Crippen LogP contribution in [0.4, 0.5) is 11.4 Å². The zero-order valence-electron chi connectivity index (χ0n) is 11.8. The fourth-order valence-electron chi connectivity index (χ4n) is 2.06. The molecule has 1 heterocycles. The first-order valence-corrected chi connectivity index (χ1v) is 6.81. The lowest BCUT2D eigenvalue weighted by molar-refractivity contribution is 0.101. The molecule has 4 nitrogen and oxygen atoms in total. The molecule has 0 atom stereocenters. The minimum atomic E-state index is -0.180. The van der Waals surface area contributed by atoms with Crippen LogP contribution >= 0.6 is 11.6 Å². The average Bonchev–Trinajstić information content (AvgIpc) is 2.75. The van der Waals surface area contributed by atoms with Crippen molar-refractivity contribution >= 4 is 28.9 Å². The summed E-state index contributed by atoms with van der Waals surface area (Å²) in [5, 5.41) is 3.54. The molecule has 0 radical (unpaired) electrons. The van der Waals surface area contributed by atoms with E-state index in [1.165, 1.54) is 0 Å². The first kappa shape index (κ1) is 14.5. The van der Waals surface area contributed by atoms with Gasteiger partial charge in [0.1, 0.15) is 5.69 Å². The van der Waals surface area contributed by atoms with Gasteiger partial charge in [-0.3, -0.25) is 4.79 Å². The molecule has 5 heteroatoms. The second-order valence-corrected chi connectivity index (χ2v) is 5.51. The van der Waals surface area contributed by atoms with Crippen molar-refractivity contribution in [3.63, 3.8) is 0 Å². The Labute approximate surface area is 123 Å². The Morgan fingerprint density at radius 2 is 2.05 bits per heavy atom. The Kier molecular flexibility index (Phi) is 4.04. The topological polar surface area (TPSA) is 60.1 Å². The summed E-state index contributed by atoms with van der Waals surface area (Å²) in [5.74, 6) is -0.180. The lowest BCUT2D eigenvalue weighted by Crippen LogP contribution is -2.18. The SMILES string of the molecule is Cc1cc(Cl)ccc1NC(=O)c1cc(N)cn1C(C)C. The molecule has 3 N–H and O–H groups in total. The molecule has 1 aromatic heterocycles. The maximum atomic E-state index is 12.4. The van der Waals surface area contributed by atoms with Crippen LogP contribution in [0.3, 0.4) is 0 Å². The summed E-state index contributed by atoms with van der Waals surface area (Å²) in [6, 6.07) is 7.20. The zero-order valence-corrected chi connectivity index (χ0v) is 12.5. The van der Waals surface area contributed by atoms with Crippen molar-refractivity contribution in [2.75, 3.05) is 11.1 Å². The predicted molar refractivity (Wildman–Crippen MR) is 83.4 cm³/mol. The lowest BCUT2D eigenvalue weighted by Gasteiger charge is -2.13. The molecule has 0 saturated carbocycles. The third-order valence-corrected chi connectivity index (χ3v) is 3.33. The molecule has 0 saturated heterocycles. The Bertz CT molecular complexity index is 647. The summed E-state index contributed by atoms with van der Waals surface area (Å²) in [4.78, 5) is 12.4. The van der Waals surface area contributed by atoms with E-state index in [2.05, 4.69) is 5.32 Å². The van der Waals surface area contributed by atoms with Crippen LogP contribution in [-0.2, 0) is 0 Å². The van der Waals surface area contributed by atoms with E-state index in [1.807, 2.05) is 31.4 Å². The highest BCUT2D eigenvalue weighted by Gasteiger charge is 2.15. The highest BCUT2D eigenvalue weighted by Crippen LogP contribution is 2.22. The van der Waals surface area contributed by atoms with Gasteiger partial charge >= 0.3 is 0 Å². The number of nitrogens with two attached hydrogens (primary N) is 1.